The SMILES string of the molecule is COc1c([N+](=O)[O-])c(O)c2nc(-c3ccccc3)c(C#N)nc2c1[N+](=O)[O-]. The fourth-order valence-corrected chi connectivity index (χ4v) is 2.61. The van der Waals surface area contributed by atoms with Gasteiger partial charge in [0, 0.05) is 5.56 Å². The predicted octanol–water partition coefficient (Wildman–Crippen LogP) is 2.70. The van der Waals surface area contributed by atoms with E-state index in [4.69, 9.17) is 4.74 Å². The minimum atomic E-state index is -1.01. The monoisotopic (exact) mass is 367 g/mol. The number of rotatable bonds is 4. The zero-order valence-corrected chi connectivity index (χ0v) is 13.6. The summed E-state index contributed by atoms with van der Waals surface area (Å²) in [5.74, 6) is -1.72. The standard InChI is InChI=1S/C16H9N5O6/c1-27-16-13(20(23)24)11-12(15(22)14(16)21(25)26)19-10(9(7-17)18-11)8-5-3-2-4-6-8/h2-6,22H,1H3. The number of nitrogens with zero attached hydrogens (tertiary/aromatic N) is 5. The van der Waals surface area contributed by atoms with E-state index in [0.29, 0.717) is 5.56 Å². The molecule has 0 aliphatic carbocycles. The number of aromatic hydroxyl groups is 1. The quantitative estimate of drug-likeness (QED) is 0.538. The van der Waals surface area contributed by atoms with Crippen LogP contribution < -0.4 is 4.74 Å². The maximum atomic E-state index is 11.5. The number of nitriles is 1. The van der Waals surface area contributed by atoms with Crippen LogP contribution >= 0.6 is 0 Å². The summed E-state index contributed by atoms with van der Waals surface area (Å²) >= 11 is 0. The number of nitro benzene ring substituents is 2. The van der Waals surface area contributed by atoms with Gasteiger partial charge in [-0.15, -0.1) is 0 Å². The first-order valence-electron chi connectivity index (χ1n) is 7.29. The molecule has 2 aromatic carbocycles. The van der Waals surface area contributed by atoms with Gasteiger partial charge >= 0.3 is 11.4 Å². The maximum absolute atomic E-state index is 11.5. The summed E-state index contributed by atoms with van der Waals surface area (Å²) in [6.45, 7) is 0. The molecule has 1 aromatic heterocycles. The summed E-state index contributed by atoms with van der Waals surface area (Å²) in [5.41, 5.74) is -2.61. The third-order valence-corrected chi connectivity index (χ3v) is 3.72. The van der Waals surface area contributed by atoms with Crippen LogP contribution in [0.25, 0.3) is 22.3 Å². The highest BCUT2D eigenvalue weighted by molar-refractivity contribution is 5.98. The Bertz CT molecular complexity index is 1140. The molecule has 134 valence electrons. The van der Waals surface area contributed by atoms with Crippen LogP contribution in [0.1, 0.15) is 5.69 Å². The molecule has 0 amide bonds. The minimum absolute atomic E-state index is 0.0228. The van der Waals surface area contributed by atoms with Crippen LogP contribution in [0.3, 0.4) is 0 Å². The lowest BCUT2D eigenvalue weighted by Gasteiger charge is -2.10. The molecule has 11 nitrogen and oxygen atoms in total. The molecule has 11 heteroatoms. The molecule has 0 bridgehead atoms. The van der Waals surface area contributed by atoms with Crippen LogP contribution in [0, 0.1) is 31.6 Å². The lowest BCUT2D eigenvalue weighted by atomic mass is 10.1. The van der Waals surface area contributed by atoms with E-state index in [1.807, 2.05) is 0 Å². The molecule has 3 rings (SSSR count). The average Bonchev–Trinajstić information content (AvgIpc) is 2.66. The normalized spacial score (nSPS) is 10.4. The molecule has 0 aliphatic rings. The van der Waals surface area contributed by atoms with Crippen molar-refractivity contribution in [1.82, 2.24) is 9.97 Å². The van der Waals surface area contributed by atoms with Gasteiger partial charge in [-0.1, -0.05) is 30.3 Å². The Morgan fingerprint density at radius 1 is 1.07 bits per heavy atom. The van der Waals surface area contributed by atoms with Crippen LogP contribution in [0.2, 0.25) is 0 Å². The zero-order chi connectivity index (χ0) is 19.7. The predicted molar refractivity (Wildman–Crippen MR) is 91.2 cm³/mol. The summed E-state index contributed by atoms with van der Waals surface area (Å²) in [6, 6.07) is 10.1. The number of benzene rings is 2. The highest BCUT2D eigenvalue weighted by Crippen LogP contribution is 2.48. The van der Waals surface area contributed by atoms with Gasteiger partial charge in [-0.2, -0.15) is 5.26 Å². The first-order valence-corrected chi connectivity index (χ1v) is 7.29. The van der Waals surface area contributed by atoms with Gasteiger partial charge < -0.3 is 9.84 Å². The molecule has 0 spiro atoms. The number of nitro groups is 2. The number of hydrogen-bond donors (Lipinski definition) is 1. The van der Waals surface area contributed by atoms with E-state index >= 15 is 0 Å². The van der Waals surface area contributed by atoms with E-state index in [1.165, 1.54) is 0 Å². The summed E-state index contributed by atoms with van der Waals surface area (Å²) in [4.78, 5) is 28.9. The lowest BCUT2D eigenvalue weighted by Crippen LogP contribution is -2.04. The Balaban J connectivity index is 2.54. The van der Waals surface area contributed by atoms with Gasteiger partial charge in [-0.05, 0) is 0 Å². The van der Waals surface area contributed by atoms with Gasteiger partial charge in [-0.3, -0.25) is 20.2 Å². The fraction of sp³-hybridized carbons (Fsp3) is 0.0625. The third-order valence-electron chi connectivity index (χ3n) is 3.72. The molecule has 1 N–H and O–H groups in total. The summed E-state index contributed by atoms with van der Waals surface area (Å²) < 4.78 is 4.78. The number of methoxy groups -OCH3 is 1. The molecule has 0 fully saturated rings. The van der Waals surface area contributed by atoms with Crippen molar-refractivity contribution >= 4 is 22.4 Å². The third kappa shape index (κ3) is 2.71. The smallest absolute Gasteiger partial charge is 0.361 e. The summed E-state index contributed by atoms with van der Waals surface area (Å²) in [5, 5.41) is 42.6. The van der Waals surface area contributed by atoms with Crippen molar-refractivity contribution in [1.29, 1.82) is 5.26 Å². The lowest BCUT2D eigenvalue weighted by molar-refractivity contribution is -0.395. The number of phenols is 1. The first-order chi connectivity index (χ1) is 12.9. The van der Waals surface area contributed by atoms with Gasteiger partial charge in [0.15, 0.2) is 11.2 Å². The van der Waals surface area contributed by atoms with E-state index < -0.39 is 43.8 Å². The molecule has 0 saturated carbocycles. The molecule has 0 aliphatic heterocycles. The second-order valence-electron chi connectivity index (χ2n) is 5.19. The van der Waals surface area contributed by atoms with Crippen LogP contribution in [0.5, 0.6) is 11.5 Å². The largest absolute Gasteiger partial charge is 0.500 e. The van der Waals surface area contributed by atoms with E-state index in [-0.39, 0.29) is 11.4 Å². The van der Waals surface area contributed by atoms with E-state index in [2.05, 4.69) is 9.97 Å². The fourth-order valence-electron chi connectivity index (χ4n) is 2.61. The van der Waals surface area contributed by atoms with Crippen molar-refractivity contribution in [2.24, 2.45) is 0 Å². The molecular formula is C16H9N5O6. The van der Waals surface area contributed by atoms with Gasteiger partial charge in [-0.25, -0.2) is 9.97 Å². The minimum Gasteiger partial charge on any atom is -0.500 e. The number of hydrogen-bond acceptors (Lipinski definition) is 9. The number of fused-ring (bicyclic) bond motifs is 1. The van der Waals surface area contributed by atoms with E-state index in [1.54, 1.807) is 36.4 Å². The Kier molecular flexibility index (Phi) is 4.23. The van der Waals surface area contributed by atoms with E-state index in [9.17, 15) is 30.6 Å². The van der Waals surface area contributed by atoms with Gasteiger partial charge in [0.25, 0.3) is 5.75 Å². The molecule has 1 heterocycles. The molecule has 3 aromatic rings. The maximum Gasteiger partial charge on any atom is 0.361 e. The van der Waals surface area contributed by atoms with Crippen molar-refractivity contribution in [3.63, 3.8) is 0 Å². The first kappa shape index (κ1) is 17.5. The van der Waals surface area contributed by atoms with Crippen LogP contribution in [-0.2, 0) is 0 Å². The molecule has 0 atom stereocenters. The highest BCUT2D eigenvalue weighted by atomic mass is 16.6. The highest BCUT2D eigenvalue weighted by Gasteiger charge is 2.37. The Labute approximate surface area is 150 Å². The second kappa shape index (κ2) is 6.52. The topological polar surface area (TPSA) is 165 Å². The van der Waals surface area contributed by atoms with Crippen LogP contribution in [-0.4, -0.2) is 32.0 Å². The number of aromatic nitrogens is 2. The van der Waals surface area contributed by atoms with Crippen molar-refractivity contribution in [3.05, 3.63) is 56.3 Å². The molecular weight excluding hydrogens is 358 g/mol. The molecule has 0 saturated heterocycles. The van der Waals surface area contributed by atoms with Gasteiger partial charge in [0.2, 0.25) is 5.75 Å². The average molecular weight is 367 g/mol. The molecule has 27 heavy (non-hydrogen) atoms. The summed E-state index contributed by atoms with van der Waals surface area (Å²) in [6.07, 6.45) is 0. The Morgan fingerprint density at radius 3 is 2.22 bits per heavy atom. The van der Waals surface area contributed by atoms with Crippen molar-refractivity contribution in [2.45, 2.75) is 0 Å². The van der Waals surface area contributed by atoms with E-state index in [0.717, 1.165) is 7.11 Å². The van der Waals surface area contributed by atoms with Crippen molar-refractivity contribution < 1.29 is 19.7 Å². The Morgan fingerprint density at radius 2 is 1.70 bits per heavy atom. The molecule has 0 radical (unpaired) electrons. The number of phenolic OH excluding ortho intramolecular Hbond substituents is 1. The van der Waals surface area contributed by atoms with Crippen LogP contribution in [0.4, 0.5) is 11.4 Å². The summed E-state index contributed by atoms with van der Waals surface area (Å²) in [7, 11) is 0.984. The van der Waals surface area contributed by atoms with Crippen molar-refractivity contribution in [3.8, 4) is 28.8 Å². The van der Waals surface area contributed by atoms with Crippen molar-refractivity contribution in [2.75, 3.05) is 7.11 Å². The number of ether oxygens (including phenoxy) is 1. The second-order valence-corrected chi connectivity index (χ2v) is 5.19. The Hall–Kier alpha value is -4.33. The molecule has 0 unspecified atom stereocenters. The zero-order valence-electron chi connectivity index (χ0n) is 13.6. The van der Waals surface area contributed by atoms with Gasteiger partial charge in [0.05, 0.1) is 17.0 Å². The van der Waals surface area contributed by atoms with Gasteiger partial charge in [0.1, 0.15) is 17.3 Å². The van der Waals surface area contributed by atoms with Crippen LogP contribution in [0.15, 0.2) is 30.3 Å².